The number of rotatable bonds is 5. The first-order valence-electron chi connectivity index (χ1n) is 8.15. The van der Waals surface area contributed by atoms with Crippen LogP contribution < -0.4 is 10.0 Å². The highest BCUT2D eigenvalue weighted by molar-refractivity contribution is 7.90. The van der Waals surface area contributed by atoms with Gasteiger partial charge in [0.05, 0.1) is 4.90 Å². The summed E-state index contributed by atoms with van der Waals surface area (Å²) >= 11 is 0. The number of nitrogens with zero attached hydrogens (tertiary/aromatic N) is 3. The van der Waals surface area contributed by atoms with Crippen LogP contribution in [-0.4, -0.2) is 14.3 Å². The topological polar surface area (TPSA) is 147 Å². The number of carbonyl (C=O) groups is 1. The van der Waals surface area contributed by atoms with Crippen molar-refractivity contribution in [2.24, 2.45) is 5.41 Å². The van der Waals surface area contributed by atoms with Gasteiger partial charge in [0.1, 0.15) is 23.9 Å². The lowest BCUT2D eigenvalue weighted by atomic mass is 9.88. The normalized spacial score (nSPS) is 14.9. The number of benzene rings is 1. The Hall–Kier alpha value is -3.35. The molecule has 1 fully saturated rings. The summed E-state index contributed by atoms with van der Waals surface area (Å²) in [7, 11) is -4.02. The molecule has 0 aromatic heterocycles. The van der Waals surface area contributed by atoms with Crippen molar-refractivity contribution in [3.05, 3.63) is 35.5 Å². The van der Waals surface area contributed by atoms with Crippen LogP contribution >= 0.6 is 0 Å². The van der Waals surface area contributed by atoms with Crippen molar-refractivity contribution < 1.29 is 13.2 Å². The maximum atomic E-state index is 12.4. The van der Waals surface area contributed by atoms with Gasteiger partial charge in [0.25, 0.3) is 10.0 Å². The molecule has 0 atom stereocenters. The molecule has 9 heteroatoms. The third-order valence-electron chi connectivity index (χ3n) is 4.50. The van der Waals surface area contributed by atoms with Crippen LogP contribution in [0.2, 0.25) is 0 Å². The monoisotopic (exact) mass is 383 g/mol. The molecule has 0 radical (unpaired) electrons. The van der Waals surface area contributed by atoms with Crippen LogP contribution in [0, 0.1) is 39.4 Å². The average Bonchev–Trinajstić information content (AvgIpc) is 3.10. The molecule has 2 rings (SSSR count). The van der Waals surface area contributed by atoms with Gasteiger partial charge in [0.2, 0.25) is 5.91 Å². The summed E-state index contributed by atoms with van der Waals surface area (Å²) in [6.45, 7) is 1.76. The van der Waals surface area contributed by atoms with E-state index in [4.69, 9.17) is 15.8 Å². The van der Waals surface area contributed by atoms with Gasteiger partial charge < -0.3 is 5.32 Å². The van der Waals surface area contributed by atoms with Crippen molar-refractivity contribution in [2.75, 3.05) is 5.32 Å². The third-order valence-corrected chi connectivity index (χ3v) is 5.85. The Kier molecular flexibility index (Phi) is 5.85. The van der Waals surface area contributed by atoms with Gasteiger partial charge in [-0.1, -0.05) is 19.8 Å². The smallest absolute Gasteiger partial charge is 0.264 e. The number of carbonyl (C=O) groups excluding carboxylic acids is 1. The summed E-state index contributed by atoms with van der Waals surface area (Å²) in [4.78, 5) is 12.2. The van der Waals surface area contributed by atoms with E-state index in [1.54, 1.807) is 25.1 Å². The fourth-order valence-electron chi connectivity index (χ4n) is 2.83. The molecular weight excluding hydrogens is 366 g/mol. The zero-order valence-corrected chi connectivity index (χ0v) is 15.4. The van der Waals surface area contributed by atoms with Gasteiger partial charge in [-0.2, -0.15) is 15.8 Å². The number of anilines is 1. The number of nitrogens with one attached hydrogen (secondary N) is 2. The predicted molar refractivity (Wildman–Crippen MR) is 95.8 cm³/mol. The van der Waals surface area contributed by atoms with Crippen molar-refractivity contribution >= 4 is 21.6 Å². The highest BCUT2D eigenvalue weighted by Gasteiger charge is 2.38. The molecule has 0 heterocycles. The largest absolute Gasteiger partial charge is 0.345 e. The van der Waals surface area contributed by atoms with Crippen LogP contribution in [0.1, 0.15) is 32.6 Å². The van der Waals surface area contributed by atoms with Crippen LogP contribution in [0.15, 0.2) is 40.4 Å². The molecule has 138 valence electrons. The summed E-state index contributed by atoms with van der Waals surface area (Å²) in [5.74, 6) is -0.510. The van der Waals surface area contributed by atoms with E-state index in [0.717, 1.165) is 12.8 Å². The van der Waals surface area contributed by atoms with Crippen LogP contribution in [0.3, 0.4) is 0 Å². The molecule has 27 heavy (non-hydrogen) atoms. The zero-order chi connectivity index (χ0) is 20.1. The predicted octanol–water partition coefficient (Wildman–Crippen LogP) is 2.31. The van der Waals surface area contributed by atoms with E-state index in [-0.39, 0.29) is 16.2 Å². The Bertz CT molecular complexity index is 983. The van der Waals surface area contributed by atoms with Gasteiger partial charge in [0.15, 0.2) is 5.57 Å². The molecule has 2 N–H and O–H groups in total. The molecule has 1 aliphatic rings. The molecule has 0 spiro atoms. The van der Waals surface area contributed by atoms with E-state index in [2.05, 4.69) is 10.0 Å². The van der Waals surface area contributed by atoms with E-state index < -0.39 is 21.3 Å². The van der Waals surface area contributed by atoms with E-state index in [9.17, 15) is 13.2 Å². The van der Waals surface area contributed by atoms with Gasteiger partial charge >= 0.3 is 0 Å². The van der Waals surface area contributed by atoms with E-state index in [0.29, 0.717) is 18.5 Å². The van der Waals surface area contributed by atoms with Crippen molar-refractivity contribution in [2.45, 2.75) is 37.5 Å². The Balaban J connectivity index is 2.18. The summed E-state index contributed by atoms with van der Waals surface area (Å²) in [5.41, 5.74) is -0.974. The van der Waals surface area contributed by atoms with Gasteiger partial charge in [0, 0.05) is 11.1 Å². The van der Waals surface area contributed by atoms with E-state index in [1.807, 2.05) is 0 Å². The summed E-state index contributed by atoms with van der Waals surface area (Å²) < 4.78 is 27.0. The maximum Gasteiger partial charge on any atom is 0.264 e. The summed E-state index contributed by atoms with van der Waals surface area (Å²) in [6, 6.07) is 10.2. The number of nitriles is 3. The highest BCUT2D eigenvalue weighted by Crippen LogP contribution is 2.37. The Morgan fingerprint density at radius 3 is 2.07 bits per heavy atom. The molecule has 0 saturated heterocycles. The average molecular weight is 383 g/mol. The van der Waals surface area contributed by atoms with Crippen LogP contribution in [0.25, 0.3) is 0 Å². The SMILES string of the molecule is CC1(C(=O)NS(=O)(=O)c2ccc(NC(C#N)=C(C#N)C#N)cc2)CCCC1. The number of sulfonamides is 1. The molecular formula is C18H17N5O3S. The fraction of sp³-hybridized carbons (Fsp3) is 0.333. The van der Waals surface area contributed by atoms with Crippen LogP contribution in [0.4, 0.5) is 5.69 Å². The van der Waals surface area contributed by atoms with Gasteiger partial charge in [-0.05, 0) is 37.1 Å². The lowest BCUT2D eigenvalue weighted by molar-refractivity contribution is -0.127. The van der Waals surface area contributed by atoms with Crippen molar-refractivity contribution in [1.82, 2.24) is 4.72 Å². The van der Waals surface area contributed by atoms with Crippen LogP contribution in [-0.2, 0) is 14.8 Å². The Labute approximate surface area is 157 Å². The molecule has 8 nitrogen and oxygen atoms in total. The summed E-state index contributed by atoms with van der Waals surface area (Å²) in [6.07, 6.45) is 3.10. The van der Waals surface area contributed by atoms with Gasteiger partial charge in [-0.3, -0.25) is 4.79 Å². The highest BCUT2D eigenvalue weighted by atomic mass is 32.2. The molecule has 1 amide bonds. The number of hydrogen-bond donors (Lipinski definition) is 2. The number of amides is 1. The second-order valence-electron chi connectivity index (χ2n) is 6.44. The minimum absolute atomic E-state index is 0.105. The molecule has 0 unspecified atom stereocenters. The van der Waals surface area contributed by atoms with E-state index in [1.165, 1.54) is 24.3 Å². The molecule has 1 aliphatic carbocycles. The van der Waals surface area contributed by atoms with Crippen molar-refractivity contribution in [3.63, 3.8) is 0 Å². The van der Waals surface area contributed by atoms with Gasteiger partial charge in [-0.25, -0.2) is 13.1 Å². The Morgan fingerprint density at radius 2 is 1.59 bits per heavy atom. The second kappa shape index (κ2) is 7.90. The van der Waals surface area contributed by atoms with Crippen molar-refractivity contribution in [3.8, 4) is 18.2 Å². The Morgan fingerprint density at radius 1 is 1.04 bits per heavy atom. The first kappa shape index (κ1) is 20.0. The summed E-state index contributed by atoms with van der Waals surface area (Å²) in [5, 5.41) is 29.2. The lowest BCUT2D eigenvalue weighted by Crippen LogP contribution is -2.40. The molecule has 1 aromatic carbocycles. The van der Waals surface area contributed by atoms with Crippen LogP contribution in [0.5, 0.6) is 0 Å². The molecule has 0 aliphatic heterocycles. The second-order valence-corrected chi connectivity index (χ2v) is 8.12. The minimum atomic E-state index is -4.02. The minimum Gasteiger partial charge on any atom is -0.345 e. The lowest BCUT2D eigenvalue weighted by Gasteiger charge is -2.22. The third kappa shape index (κ3) is 4.44. The van der Waals surface area contributed by atoms with Crippen molar-refractivity contribution in [1.29, 1.82) is 15.8 Å². The standard InChI is InChI=1S/C18H17N5O3S/c1-18(8-2-3-9-18)17(24)23-27(25,26)15-6-4-14(5-7-15)22-16(12-21)13(10-19)11-20/h4-7,22H,2-3,8-9H2,1H3,(H,23,24). The van der Waals surface area contributed by atoms with Gasteiger partial charge in [-0.15, -0.1) is 0 Å². The maximum absolute atomic E-state index is 12.4. The number of hydrogen-bond acceptors (Lipinski definition) is 7. The first-order chi connectivity index (χ1) is 12.8. The zero-order valence-electron chi connectivity index (χ0n) is 14.6. The fourth-order valence-corrected chi connectivity index (χ4v) is 3.93. The quantitative estimate of drug-likeness (QED) is 0.741. The molecule has 0 bridgehead atoms. The molecule has 1 aromatic rings. The molecule has 1 saturated carbocycles. The first-order valence-corrected chi connectivity index (χ1v) is 9.63. The number of allylic oxidation sites excluding steroid dienone is 2. The van der Waals surface area contributed by atoms with E-state index >= 15 is 0 Å².